The van der Waals surface area contributed by atoms with Crippen molar-refractivity contribution in [3.8, 4) is 0 Å². The molecular weight excluding hydrogens is 322 g/mol. The van der Waals surface area contributed by atoms with E-state index >= 15 is 0 Å². The number of carbonyl (C=O) groups is 3. The molecule has 25 heavy (non-hydrogen) atoms. The van der Waals surface area contributed by atoms with Crippen molar-refractivity contribution in [2.45, 2.75) is 25.0 Å². The van der Waals surface area contributed by atoms with Crippen molar-refractivity contribution in [2.75, 3.05) is 33.2 Å². The van der Waals surface area contributed by atoms with Gasteiger partial charge in [0, 0.05) is 45.1 Å². The van der Waals surface area contributed by atoms with E-state index in [0.717, 1.165) is 11.1 Å². The quantitative estimate of drug-likeness (QED) is 0.824. The summed E-state index contributed by atoms with van der Waals surface area (Å²) in [5.74, 6) is -0.00104. The number of benzene rings is 1. The third kappa shape index (κ3) is 2.73. The standard InChI is InChI=1S/C18H21N3O4/c1-19-11-18(25-17(19)24)7-9-21(12-18)15(22)6-8-20-10-13-4-2-3-5-14(13)16(20)23/h2-5H,6-12H2,1H3/t18-/m0/s1. The van der Waals surface area contributed by atoms with Gasteiger partial charge in [0.25, 0.3) is 5.91 Å². The topological polar surface area (TPSA) is 70.2 Å². The minimum atomic E-state index is -0.554. The minimum Gasteiger partial charge on any atom is -0.439 e. The number of carbonyl (C=O) groups excluding carboxylic acids is 3. The molecule has 132 valence electrons. The number of nitrogens with zero attached hydrogens (tertiary/aromatic N) is 3. The lowest BCUT2D eigenvalue weighted by atomic mass is 10.0. The summed E-state index contributed by atoms with van der Waals surface area (Å²) in [6.45, 7) is 2.53. The minimum absolute atomic E-state index is 0.00577. The summed E-state index contributed by atoms with van der Waals surface area (Å²) < 4.78 is 5.47. The number of hydrogen-bond donors (Lipinski definition) is 0. The van der Waals surface area contributed by atoms with Gasteiger partial charge in [-0.1, -0.05) is 18.2 Å². The lowest BCUT2D eigenvalue weighted by Crippen LogP contribution is -2.40. The maximum Gasteiger partial charge on any atom is 0.410 e. The van der Waals surface area contributed by atoms with Crippen LogP contribution in [0, 0.1) is 0 Å². The monoisotopic (exact) mass is 343 g/mol. The number of hydrogen-bond acceptors (Lipinski definition) is 4. The van der Waals surface area contributed by atoms with E-state index in [2.05, 4.69) is 0 Å². The van der Waals surface area contributed by atoms with E-state index in [4.69, 9.17) is 4.74 Å². The van der Waals surface area contributed by atoms with E-state index in [9.17, 15) is 14.4 Å². The van der Waals surface area contributed by atoms with E-state index < -0.39 is 5.60 Å². The van der Waals surface area contributed by atoms with Crippen LogP contribution in [-0.2, 0) is 16.1 Å². The van der Waals surface area contributed by atoms with Crippen molar-refractivity contribution in [1.29, 1.82) is 0 Å². The van der Waals surface area contributed by atoms with Crippen LogP contribution in [0.5, 0.6) is 0 Å². The number of amides is 3. The Kier molecular flexibility index (Phi) is 3.67. The summed E-state index contributed by atoms with van der Waals surface area (Å²) in [6.07, 6.45) is 0.636. The molecule has 7 nitrogen and oxygen atoms in total. The number of ether oxygens (including phenoxy) is 1. The van der Waals surface area contributed by atoms with E-state index in [1.54, 1.807) is 21.7 Å². The predicted octanol–water partition coefficient (Wildman–Crippen LogP) is 1.09. The van der Waals surface area contributed by atoms with Crippen molar-refractivity contribution in [3.05, 3.63) is 35.4 Å². The molecule has 1 spiro atoms. The number of likely N-dealkylation sites (N-methyl/N-ethyl adjacent to an activating group) is 1. The van der Waals surface area contributed by atoms with Crippen LogP contribution in [0.15, 0.2) is 24.3 Å². The summed E-state index contributed by atoms with van der Waals surface area (Å²) in [4.78, 5) is 41.5. The van der Waals surface area contributed by atoms with Crippen LogP contribution in [0.3, 0.4) is 0 Å². The molecule has 1 aromatic carbocycles. The van der Waals surface area contributed by atoms with Gasteiger partial charge in [-0.2, -0.15) is 0 Å². The molecule has 0 aromatic heterocycles. The van der Waals surface area contributed by atoms with Crippen LogP contribution in [0.25, 0.3) is 0 Å². The average molecular weight is 343 g/mol. The zero-order valence-electron chi connectivity index (χ0n) is 14.2. The molecule has 0 aliphatic carbocycles. The van der Waals surface area contributed by atoms with Crippen LogP contribution in [0.4, 0.5) is 4.79 Å². The Morgan fingerprint density at radius 1 is 1.24 bits per heavy atom. The second kappa shape index (κ2) is 5.75. The van der Waals surface area contributed by atoms with Gasteiger partial charge in [0.05, 0.1) is 13.1 Å². The first-order chi connectivity index (χ1) is 12.0. The Morgan fingerprint density at radius 3 is 2.76 bits per heavy atom. The molecular formula is C18H21N3O4. The second-order valence-electron chi connectivity index (χ2n) is 7.11. The number of fused-ring (bicyclic) bond motifs is 1. The number of likely N-dealkylation sites (tertiary alicyclic amines) is 1. The molecule has 0 bridgehead atoms. The largest absolute Gasteiger partial charge is 0.439 e. The fourth-order valence-corrected chi connectivity index (χ4v) is 3.95. The third-order valence-corrected chi connectivity index (χ3v) is 5.30. The molecule has 0 N–H and O–H groups in total. The average Bonchev–Trinajstić information content (AvgIpc) is 3.23. The molecule has 1 aromatic rings. The molecule has 0 radical (unpaired) electrons. The van der Waals surface area contributed by atoms with Gasteiger partial charge in [-0.05, 0) is 11.6 Å². The highest BCUT2D eigenvalue weighted by molar-refractivity contribution is 5.98. The molecule has 3 heterocycles. The van der Waals surface area contributed by atoms with E-state index in [1.807, 2.05) is 24.3 Å². The van der Waals surface area contributed by atoms with Crippen molar-refractivity contribution in [1.82, 2.24) is 14.7 Å². The van der Waals surface area contributed by atoms with Gasteiger partial charge < -0.3 is 19.4 Å². The van der Waals surface area contributed by atoms with Crippen LogP contribution < -0.4 is 0 Å². The Balaban J connectivity index is 1.32. The smallest absolute Gasteiger partial charge is 0.410 e. The van der Waals surface area contributed by atoms with Gasteiger partial charge in [0.1, 0.15) is 0 Å². The summed E-state index contributed by atoms with van der Waals surface area (Å²) in [5.41, 5.74) is 1.19. The first-order valence-corrected chi connectivity index (χ1v) is 8.56. The first kappa shape index (κ1) is 15.9. The molecule has 2 saturated heterocycles. The molecule has 0 unspecified atom stereocenters. The molecule has 2 fully saturated rings. The maximum atomic E-state index is 12.5. The fourth-order valence-electron chi connectivity index (χ4n) is 3.95. The van der Waals surface area contributed by atoms with Gasteiger partial charge in [-0.15, -0.1) is 0 Å². The highest BCUT2D eigenvalue weighted by Crippen LogP contribution is 2.32. The Labute approximate surface area is 146 Å². The lowest BCUT2D eigenvalue weighted by molar-refractivity contribution is -0.131. The van der Waals surface area contributed by atoms with Gasteiger partial charge >= 0.3 is 6.09 Å². The fraction of sp³-hybridized carbons (Fsp3) is 0.500. The van der Waals surface area contributed by atoms with E-state index in [1.165, 1.54) is 0 Å². The van der Waals surface area contributed by atoms with Crippen LogP contribution >= 0.6 is 0 Å². The summed E-state index contributed by atoms with van der Waals surface area (Å²) in [6, 6.07) is 7.55. The SMILES string of the molecule is CN1C[C@]2(CCN(C(=O)CCN3Cc4ccccc4C3=O)C2)OC1=O. The maximum absolute atomic E-state index is 12.5. The molecule has 1 atom stereocenters. The van der Waals surface area contributed by atoms with Crippen molar-refractivity contribution >= 4 is 17.9 Å². The molecule has 4 rings (SSSR count). The Morgan fingerprint density at radius 2 is 2.04 bits per heavy atom. The normalized spacial score (nSPS) is 25.1. The third-order valence-electron chi connectivity index (χ3n) is 5.30. The molecule has 3 aliphatic rings. The molecule has 0 saturated carbocycles. The van der Waals surface area contributed by atoms with Crippen molar-refractivity contribution in [3.63, 3.8) is 0 Å². The summed E-state index contributed by atoms with van der Waals surface area (Å²) in [5, 5.41) is 0. The van der Waals surface area contributed by atoms with E-state index in [0.29, 0.717) is 45.6 Å². The van der Waals surface area contributed by atoms with Crippen molar-refractivity contribution in [2.24, 2.45) is 0 Å². The Hall–Kier alpha value is -2.57. The van der Waals surface area contributed by atoms with Gasteiger partial charge in [0.2, 0.25) is 5.91 Å². The van der Waals surface area contributed by atoms with Crippen LogP contribution in [-0.4, -0.2) is 71.4 Å². The molecule has 7 heteroatoms. The van der Waals surface area contributed by atoms with Crippen molar-refractivity contribution < 1.29 is 19.1 Å². The van der Waals surface area contributed by atoms with Crippen LogP contribution in [0.1, 0.15) is 28.8 Å². The lowest BCUT2D eigenvalue weighted by Gasteiger charge is -2.22. The number of rotatable bonds is 3. The molecule has 3 amide bonds. The van der Waals surface area contributed by atoms with Gasteiger partial charge in [0.15, 0.2) is 5.60 Å². The Bertz CT molecular complexity index is 750. The van der Waals surface area contributed by atoms with Gasteiger partial charge in [-0.25, -0.2) is 4.79 Å². The van der Waals surface area contributed by atoms with Crippen LogP contribution in [0.2, 0.25) is 0 Å². The second-order valence-corrected chi connectivity index (χ2v) is 7.11. The summed E-state index contributed by atoms with van der Waals surface area (Å²) >= 11 is 0. The van der Waals surface area contributed by atoms with Gasteiger partial charge in [-0.3, -0.25) is 9.59 Å². The first-order valence-electron chi connectivity index (χ1n) is 8.56. The van der Waals surface area contributed by atoms with E-state index in [-0.39, 0.29) is 17.9 Å². The zero-order chi connectivity index (χ0) is 17.6. The molecule has 3 aliphatic heterocycles. The summed E-state index contributed by atoms with van der Waals surface area (Å²) in [7, 11) is 1.71. The highest BCUT2D eigenvalue weighted by atomic mass is 16.6. The predicted molar refractivity (Wildman–Crippen MR) is 88.8 cm³/mol. The zero-order valence-corrected chi connectivity index (χ0v) is 14.2. The highest BCUT2D eigenvalue weighted by Gasteiger charge is 2.49.